The number of ether oxygens (including phenoxy) is 1. The highest BCUT2D eigenvalue weighted by atomic mass is 19.1. The van der Waals surface area contributed by atoms with Gasteiger partial charge in [-0.25, -0.2) is 4.39 Å². The quantitative estimate of drug-likeness (QED) is 0.477. The Hall–Kier alpha value is -1.68. The van der Waals surface area contributed by atoms with Crippen LogP contribution in [0.25, 0.3) is 0 Å². The lowest BCUT2D eigenvalue weighted by Gasteiger charge is -2.50. The van der Waals surface area contributed by atoms with E-state index in [2.05, 4.69) is 18.8 Å². The molecule has 2 saturated carbocycles. The zero-order valence-electron chi connectivity index (χ0n) is 16.2. The molecule has 1 aliphatic heterocycles. The monoisotopic (exact) mass is 371 g/mol. The van der Waals surface area contributed by atoms with Gasteiger partial charge in [-0.3, -0.25) is 4.79 Å². The standard InChI is InChI=1S/C23H30FNO2/c1-15-4-3-10-23(2)13-21-18(12-20(15)23)19(22(26)27-21)14-25-11-9-16-5-7-17(24)8-6-16/h5-8,18-21,25H,1,3-4,9-14H2,2H3/t18-,19+,20+,21+,23+/m0/s1. The summed E-state index contributed by atoms with van der Waals surface area (Å²) in [7, 11) is 0. The van der Waals surface area contributed by atoms with Crippen LogP contribution in [0.15, 0.2) is 36.4 Å². The minimum absolute atomic E-state index is 0.0351. The van der Waals surface area contributed by atoms with Crippen LogP contribution < -0.4 is 5.32 Å². The number of allylic oxidation sites excluding steroid dienone is 1. The third-order valence-electron chi connectivity index (χ3n) is 7.19. The molecule has 2 aliphatic carbocycles. The van der Waals surface area contributed by atoms with Crippen LogP contribution in [-0.2, 0) is 16.0 Å². The zero-order valence-corrected chi connectivity index (χ0v) is 16.2. The van der Waals surface area contributed by atoms with Gasteiger partial charge in [-0.05, 0) is 74.1 Å². The van der Waals surface area contributed by atoms with Crippen LogP contribution in [0.2, 0.25) is 0 Å². The number of carbonyl (C=O) groups is 1. The van der Waals surface area contributed by atoms with Crippen molar-refractivity contribution in [2.24, 2.45) is 23.2 Å². The highest BCUT2D eigenvalue weighted by Gasteiger charge is 2.54. The van der Waals surface area contributed by atoms with Gasteiger partial charge in [0.05, 0.1) is 5.92 Å². The number of fused-ring (bicyclic) bond motifs is 2. The van der Waals surface area contributed by atoms with E-state index in [0.717, 1.165) is 37.8 Å². The molecule has 0 aromatic heterocycles. The fourth-order valence-electron chi connectivity index (χ4n) is 5.63. The molecule has 4 heteroatoms. The van der Waals surface area contributed by atoms with Crippen LogP contribution in [0.1, 0.15) is 44.6 Å². The lowest BCUT2D eigenvalue weighted by Crippen LogP contribution is -2.45. The number of hydrogen-bond acceptors (Lipinski definition) is 3. The summed E-state index contributed by atoms with van der Waals surface area (Å²) >= 11 is 0. The Morgan fingerprint density at radius 1 is 1.33 bits per heavy atom. The van der Waals surface area contributed by atoms with Gasteiger partial charge in [0.15, 0.2) is 0 Å². The first kappa shape index (κ1) is 18.7. The molecule has 0 radical (unpaired) electrons. The average Bonchev–Trinajstić information content (AvgIpc) is 2.92. The number of benzene rings is 1. The highest BCUT2D eigenvalue weighted by Crippen LogP contribution is 2.56. The molecule has 5 atom stereocenters. The van der Waals surface area contributed by atoms with Gasteiger partial charge in [0.25, 0.3) is 0 Å². The van der Waals surface area contributed by atoms with Gasteiger partial charge < -0.3 is 10.1 Å². The van der Waals surface area contributed by atoms with Crippen molar-refractivity contribution in [1.29, 1.82) is 0 Å². The van der Waals surface area contributed by atoms with E-state index >= 15 is 0 Å². The van der Waals surface area contributed by atoms with Gasteiger partial charge >= 0.3 is 5.97 Å². The minimum atomic E-state index is -0.208. The highest BCUT2D eigenvalue weighted by molar-refractivity contribution is 5.75. The minimum Gasteiger partial charge on any atom is -0.462 e. The van der Waals surface area contributed by atoms with Crippen LogP contribution in [0, 0.1) is 29.0 Å². The second-order valence-corrected chi connectivity index (χ2v) is 8.98. The number of carbonyl (C=O) groups excluding carboxylic acids is 1. The molecule has 3 fully saturated rings. The molecule has 0 spiro atoms. The van der Waals surface area contributed by atoms with Crippen molar-refractivity contribution < 1.29 is 13.9 Å². The number of esters is 1. The molecule has 1 aromatic rings. The van der Waals surface area contributed by atoms with Crippen molar-refractivity contribution >= 4 is 5.97 Å². The lowest BCUT2D eigenvalue weighted by molar-refractivity contribution is -0.146. The van der Waals surface area contributed by atoms with Crippen molar-refractivity contribution in [2.45, 2.75) is 51.6 Å². The van der Waals surface area contributed by atoms with Crippen molar-refractivity contribution in [3.63, 3.8) is 0 Å². The topological polar surface area (TPSA) is 38.3 Å². The predicted molar refractivity (Wildman–Crippen MR) is 104 cm³/mol. The summed E-state index contributed by atoms with van der Waals surface area (Å²) in [6.07, 6.45) is 6.49. The molecule has 0 amide bonds. The van der Waals surface area contributed by atoms with Gasteiger partial charge in [-0.1, -0.05) is 31.2 Å². The van der Waals surface area contributed by atoms with Crippen LogP contribution in [0.4, 0.5) is 4.39 Å². The molecule has 3 aliphatic rings. The Kier molecular flexibility index (Phi) is 5.11. The number of hydrogen-bond donors (Lipinski definition) is 1. The van der Waals surface area contributed by atoms with E-state index in [1.165, 1.54) is 30.5 Å². The van der Waals surface area contributed by atoms with Crippen molar-refractivity contribution in [1.82, 2.24) is 5.32 Å². The maximum Gasteiger partial charge on any atom is 0.310 e. The molecular weight excluding hydrogens is 341 g/mol. The third-order valence-corrected chi connectivity index (χ3v) is 7.19. The van der Waals surface area contributed by atoms with Gasteiger partial charge in [0.1, 0.15) is 11.9 Å². The van der Waals surface area contributed by atoms with Crippen LogP contribution in [0.5, 0.6) is 0 Å². The van der Waals surface area contributed by atoms with Crippen LogP contribution >= 0.6 is 0 Å². The van der Waals surface area contributed by atoms with Crippen molar-refractivity contribution in [3.8, 4) is 0 Å². The van der Waals surface area contributed by atoms with E-state index < -0.39 is 0 Å². The number of nitrogens with one attached hydrogen (secondary N) is 1. The maximum atomic E-state index is 13.0. The lowest BCUT2D eigenvalue weighted by atomic mass is 9.55. The van der Waals surface area contributed by atoms with E-state index in [-0.39, 0.29) is 29.2 Å². The molecule has 1 aromatic carbocycles. The maximum absolute atomic E-state index is 13.0. The second kappa shape index (κ2) is 7.38. The van der Waals surface area contributed by atoms with Crippen molar-refractivity contribution in [2.75, 3.05) is 13.1 Å². The molecule has 3 nitrogen and oxygen atoms in total. The number of rotatable bonds is 5. The van der Waals surface area contributed by atoms with Crippen molar-refractivity contribution in [3.05, 3.63) is 47.8 Å². The Balaban J connectivity index is 1.34. The molecule has 1 heterocycles. The second-order valence-electron chi connectivity index (χ2n) is 8.98. The summed E-state index contributed by atoms with van der Waals surface area (Å²) in [6.45, 7) is 8.15. The van der Waals surface area contributed by atoms with E-state index in [1.807, 2.05) is 12.1 Å². The average molecular weight is 371 g/mol. The number of halogens is 1. The summed E-state index contributed by atoms with van der Waals surface area (Å²) in [5.74, 6) is 0.544. The predicted octanol–water partition coefficient (Wildman–Crippen LogP) is 4.27. The first-order chi connectivity index (χ1) is 13.0. The van der Waals surface area contributed by atoms with E-state index in [1.54, 1.807) is 0 Å². The molecule has 1 saturated heterocycles. The van der Waals surface area contributed by atoms with Gasteiger partial charge in [0, 0.05) is 12.5 Å². The summed E-state index contributed by atoms with van der Waals surface area (Å²) in [5.41, 5.74) is 2.73. The van der Waals surface area contributed by atoms with Crippen LogP contribution in [0.3, 0.4) is 0 Å². The fourth-order valence-corrected chi connectivity index (χ4v) is 5.63. The summed E-state index contributed by atoms with van der Waals surface area (Å²) in [5, 5.41) is 3.43. The Morgan fingerprint density at radius 2 is 2.11 bits per heavy atom. The molecule has 1 N–H and O–H groups in total. The third kappa shape index (κ3) is 3.69. The molecule has 146 valence electrons. The summed E-state index contributed by atoms with van der Waals surface area (Å²) < 4.78 is 18.8. The van der Waals surface area contributed by atoms with E-state index in [4.69, 9.17) is 4.74 Å². The van der Waals surface area contributed by atoms with Gasteiger partial charge in [0.2, 0.25) is 0 Å². The van der Waals surface area contributed by atoms with Gasteiger partial charge in [-0.2, -0.15) is 0 Å². The Labute approximate surface area is 161 Å². The van der Waals surface area contributed by atoms with E-state index in [0.29, 0.717) is 18.4 Å². The molecular formula is C23H30FNO2. The summed E-state index contributed by atoms with van der Waals surface area (Å²) in [6, 6.07) is 6.61. The molecule has 27 heavy (non-hydrogen) atoms. The van der Waals surface area contributed by atoms with Crippen LogP contribution in [-0.4, -0.2) is 25.2 Å². The smallest absolute Gasteiger partial charge is 0.310 e. The van der Waals surface area contributed by atoms with E-state index in [9.17, 15) is 9.18 Å². The Morgan fingerprint density at radius 3 is 2.89 bits per heavy atom. The first-order valence-corrected chi connectivity index (χ1v) is 10.3. The fraction of sp³-hybridized carbons (Fsp3) is 0.609. The van der Waals surface area contributed by atoms with Gasteiger partial charge in [-0.15, -0.1) is 0 Å². The normalized spacial score (nSPS) is 35.5. The SMILES string of the molecule is C=C1CCC[C@]2(C)C[C@H]3OC(=O)[C@H](CNCCc4ccc(F)cc4)[C@@H]3C[C@H]12. The molecule has 4 rings (SSSR count). The first-order valence-electron chi connectivity index (χ1n) is 10.3. The molecule has 0 unspecified atom stereocenters. The summed E-state index contributed by atoms with van der Waals surface area (Å²) in [4.78, 5) is 12.5. The Bertz CT molecular complexity index is 716. The molecule has 0 bridgehead atoms. The largest absolute Gasteiger partial charge is 0.462 e. The zero-order chi connectivity index (χ0) is 19.0.